The first kappa shape index (κ1) is 13.7. The van der Waals surface area contributed by atoms with Crippen molar-refractivity contribution in [3.05, 3.63) is 51.9 Å². The lowest BCUT2D eigenvalue weighted by atomic mass is 10.1. The van der Waals surface area contributed by atoms with Crippen molar-refractivity contribution in [2.24, 2.45) is 0 Å². The zero-order chi connectivity index (χ0) is 14.0. The minimum Gasteiger partial charge on any atom is -0.485 e. The lowest BCUT2D eigenvalue weighted by Gasteiger charge is -2.13. The molecule has 1 aromatic carbocycles. The zero-order valence-corrected chi connectivity index (χ0v) is 11.7. The van der Waals surface area contributed by atoms with E-state index in [0.29, 0.717) is 16.4 Å². The number of halogens is 1. The highest BCUT2D eigenvalue weighted by Gasteiger charge is 2.11. The lowest BCUT2D eigenvalue weighted by Crippen LogP contribution is -2.08. The summed E-state index contributed by atoms with van der Waals surface area (Å²) >= 11 is 6.19. The fraction of sp³-hybridized carbons (Fsp3) is 0.267. The first-order valence-electron chi connectivity index (χ1n) is 6.10. The Morgan fingerprint density at radius 2 is 2.21 bits per heavy atom. The minimum atomic E-state index is -0.366. The van der Waals surface area contributed by atoms with Gasteiger partial charge in [0, 0.05) is 17.5 Å². The molecule has 100 valence electrons. The van der Waals surface area contributed by atoms with Gasteiger partial charge in [-0.25, -0.2) is 4.79 Å². The molecule has 0 aliphatic rings. The highest BCUT2D eigenvalue weighted by atomic mass is 35.5. The van der Waals surface area contributed by atoms with Crippen LogP contribution < -0.4 is 10.4 Å². The van der Waals surface area contributed by atoms with Crippen LogP contribution in [0.1, 0.15) is 19.4 Å². The molecule has 0 radical (unpaired) electrons. The van der Waals surface area contributed by atoms with Crippen LogP contribution in [0.4, 0.5) is 0 Å². The Bertz CT molecular complexity index is 673. The van der Waals surface area contributed by atoms with Crippen molar-refractivity contribution in [2.75, 3.05) is 0 Å². The largest absolute Gasteiger partial charge is 0.485 e. The predicted octanol–water partition coefficient (Wildman–Crippen LogP) is 3.96. The van der Waals surface area contributed by atoms with Crippen LogP contribution in [0.25, 0.3) is 11.0 Å². The molecule has 1 unspecified atom stereocenters. The van der Waals surface area contributed by atoms with Crippen molar-refractivity contribution in [3.8, 4) is 5.75 Å². The van der Waals surface area contributed by atoms with Gasteiger partial charge in [-0.05, 0) is 25.0 Å². The molecule has 0 fully saturated rings. The number of rotatable bonds is 4. The van der Waals surface area contributed by atoms with Gasteiger partial charge >= 0.3 is 5.63 Å². The smallest absolute Gasteiger partial charge is 0.336 e. The number of aryl methyl sites for hydroxylation is 1. The molecule has 19 heavy (non-hydrogen) atoms. The summed E-state index contributed by atoms with van der Waals surface area (Å²) in [6, 6.07) is 4.91. The number of hydrogen-bond donors (Lipinski definition) is 0. The number of ether oxygens (including phenoxy) is 1. The maximum absolute atomic E-state index is 11.5. The Morgan fingerprint density at radius 1 is 1.47 bits per heavy atom. The second-order valence-electron chi connectivity index (χ2n) is 4.28. The molecule has 0 N–H and O–H groups in total. The van der Waals surface area contributed by atoms with Gasteiger partial charge in [-0.3, -0.25) is 0 Å². The normalized spacial score (nSPS) is 12.4. The molecule has 0 aliphatic carbocycles. The summed E-state index contributed by atoms with van der Waals surface area (Å²) in [6.07, 6.45) is 2.23. The first-order chi connectivity index (χ1) is 9.05. The van der Waals surface area contributed by atoms with Crippen molar-refractivity contribution in [2.45, 2.75) is 26.4 Å². The Kier molecular flexibility index (Phi) is 3.96. The fourth-order valence-corrected chi connectivity index (χ4v) is 2.07. The lowest BCUT2D eigenvalue weighted by molar-refractivity contribution is 0.270. The van der Waals surface area contributed by atoms with E-state index >= 15 is 0 Å². The average molecular weight is 279 g/mol. The Balaban J connectivity index is 2.61. The fourth-order valence-electron chi connectivity index (χ4n) is 1.86. The third-order valence-electron chi connectivity index (χ3n) is 2.91. The van der Waals surface area contributed by atoms with Crippen molar-refractivity contribution < 1.29 is 9.15 Å². The van der Waals surface area contributed by atoms with Gasteiger partial charge in [0.2, 0.25) is 0 Å². The molecule has 2 rings (SSSR count). The van der Waals surface area contributed by atoms with Crippen molar-refractivity contribution in [3.63, 3.8) is 0 Å². The van der Waals surface area contributed by atoms with Gasteiger partial charge in [0.05, 0.1) is 5.02 Å². The number of benzene rings is 1. The molecular weight excluding hydrogens is 264 g/mol. The quantitative estimate of drug-likeness (QED) is 0.628. The number of fused-ring (bicyclic) bond motifs is 1. The summed E-state index contributed by atoms with van der Waals surface area (Å²) in [7, 11) is 0. The summed E-state index contributed by atoms with van der Waals surface area (Å²) in [5.74, 6) is 0.484. The van der Waals surface area contributed by atoms with E-state index in [1.165, 1.54) is 6.07 Å². The molecule has 0 saturated carbocycles. The van der Waals surface area contributed by atoms with E-state index in [0.717, 1.165) is 17.4 Å². The molecule has 1 aromatic heterocycles. The molecule has 4 heteroatoms. The Labute approximate surface area is 116 Å². The molecule has 1 heterocycles. The van der Waals surface area contributed by atoms with Crippen LogP contribution in [0.5, 0.6) is 5.75 Å². The first-order valence-corrected chi connectivity index (χ1v) is 6.48. The van der Waals surface area contributed by atoms with Crippen molar-refractivity contribution in [1.29, 1.82) is 0 Å². The van der Waals surface area contributed by atoms with Crippen molar-refractivity contribution in [1.82, 2.24) is 0 Å². The molecular formula is C15H15ClO3. The standard InChI is InChI=1S/C15H15ClO3/c1-4-9(3)18-14-8-13-11(7-12(14)16)10(5-2)6-15(17)19-13/h4,6-9H,1,5H2,2-3H3. The average Bonchev–Trinajstić information content (AvgIpc) is 2.39. The molecule has 3 nitrogen and oxygen atoms in total. The van der Waals surface area contributed by atoms with E-state index in [-0.39, 0.29) is 11.7 Å². The van der Waals surface area contributed by atoms with E-state index in [2.05, 4.69) is 6.58 Å². The van der Waals surface area contributed by atoms with Crippen LogP contribution in [0, 0.1) is 0 Å². The molecule has 0 saturated heterocycles. The summed E-state index contributed by atoms with van der Waals surface area (Å²) in [5.41, 5.74) is 1.03. The van der Waals surface area contributed by atoms with Crippen LogP contribution >= 0.6 is 11.6 Å². The van der Waals surface area contributed by atoms with Crippen LogP contribution in [0.15, 0.2) is 40.1 Å². The summed E-state index contributed by atoms with van der Waals surface area (Å²) in [4.78, 5) is 11.5. The molecule has 2 aromatic rings. The van der Waals surface area contributed by atoms with Gasteiger partial charge in [-0.1, -0.05) is 31.2 Å². The maximum Gasteiger partial charge on any atom is 0.336 e. The highest BCUT2D eigenvalue weighted by Crippen LogP contribution is 2.32. The molecule has 0 aliphatic heterocycles. The van der Waals surface area contributed by atoms with Crippen LogP contribution in [-0.4, -0.2) is 6.10 Å². The second kappa shape index (κ2) is 5.49. The van der Waals surface area contributed by atoms with E-state index < -0.39 is 0 Å². The minimum absolute atomic E-state index is 0.170. The highest BCUT2D eigenvalue weighted by molar-refractivity contribution is 6.32. The van der Waals surface area contributed by atoms with Gasteiger partial charge in [0.1, 0.15) is 17.4 Å². The zero-order valence-electron chi connectivity index (χ0n) is 10.9. The van der Waals surface area contributed by atoms with Crippen LogP contribution in [0.2, 0.25) is 5.02 Å². The Morgan fingerprint density at radius 3 is 2.84 bits per heavy atom. The van der Waals surface area contributed by atoms with E-state index in [4.69, 9.17) is 20.8 Å². The van der Waals surface area contributed by atoms with Gasteiger partial charge in [0.25, 0.3) is 0 Å². The van der Waals surface area contributed by atoms with Gasteiger partial charge in [-0.15, -0.1) is 0 Å². The molecule has 0 spiro atoms. The molecule has 0 amide bonds. The third-order valence-corrected chi connectivity index (χ3v) is 3.20. The monoisotopic (exact) mass is 278 g/mol. The molecule has 0 bridgehead atoms. The summed E-state index contributed by atoms with van der Waals surface area (Å²) in [6.45, 7) is 7.48. The van der Waals surface area contributed by atoms with Crippen LogP contribution in [0.3, 0.4) is 0 Å². The van der Waals surface area contributed by atoms with Gasteiger partial charge < -0.3 is 9.15 Å². The summed E-state index contributed by atoms with van der Waals surface area (Å²) in [5, 5.41) is 1.33. The van der Waals surface area contributed by atoms with Crippen molar-refractivity contribution >= 4 is 22.6 Å². The topological polar surface area (TPSA) is 39.4 Å². The SMILES string of the molecule is C=CC(C)Oc1cc2oc(=O)cc(CC)c2cc1Cl. The predicted molar refractivity (Wildman–Crippen MR) is 77.2 cm³/mol. The summed E-state index contributed by atoms with van der Waals surface area (Å²) < 4.78 is 10.8. The van der Waals surface area contributed by atoms with E-state index in [1.54, 1.807) is 18.2 Å². The molecule has 1 atom stereocenters. The van der Waals surface area contributed by atoms with Crippen LogP contribution in [-0.2, 0) is 6.42 Å². The van der Waals surface area contributed by atoms with Gasteiger partial charge in [0.15, 0.2) is 0 Å². The maximum atomic E-state index is 11.5. The van der Waals surface area contributed by atoms with E-state index in [9.17, 15) is 4.79 Å². The Hall–Kier alpha value is -1.74. The number of hydrogen-bond acceptors (Lipinski definition) is 3. The second-order valence-corrected chi connectivity index (χ2v) is 4.69. The third kappa shape index (κ3) is 2.82. The van der Waals surface area contributed by atoms with Gasteiger partial charge in [-0.2, -0.15) is 0 Å². The van der Waals surface area contributed by atoms with E-state index in [1.807, 2.05) is 13.8 Å².